The Labute approximate surface area is 223 Å². The van der Waals surface area contributed by atoms with Crippen LogP contribution in [0.25, 0.3) is 0 Å². The van der Waals surface area contributed by atoms with E-state index in [1.807, 2.05) is 6.07 Å². The van der Waals surface area contributed by atoms with Crippen LogP contribution in [0, 0.1) is 0 Å². The molecule has 4 amide bonds. The zero-order valence-corrected chi connectivity index (χ0v) is 23.4. The number of esters is 1. The SMILES string of the molecule is CC(=O)O[C@@H](CCC(=O)N(Cc1ccccc1)C(=O)OC(C)(C)C)[C@H]1C=C(C)C(=O)N1C(=O)OC(C)(C)C. The molecular weight excluding hydrogens is 492 g/mol. The maximum absolute atomic E-state index is 13.3. The molecule has 1 aromatic rings. The van der Waals surface area contributed by atoms with Gasteiger partial charge in [-0.05, 0) is 66.5 Å². The molecule has 0 fully saturated rings. The third-order valence-corrected chi connectivity index (χ3v) is 5.30. The molecule has 10 heteroatoms. The first-order valence-corrected chi connectivity index (χ1v) is 12.5. The molecule has 10 nitrogen and oxygen atoms in total. The van der Waals surface area contributed by atoms with Gasteiger partial charge >= 0.3 is 18.2 Å². The quantitative estimate of drug-likeness (QED) is 0.366. The van der Waals surface area contributed by atoms with Crippen LogP contribution in [0.1, 0.15) is 73.8 Å². The third kappa shape index (κ3) is 9.00. The molecule has 208 valence electrons. The van der Waals surface area contributed by atoms with Crippen LogP contribution in [0.5, 0.6) is 0 Å². The minimum Gasteiger partial charge on any atom is -0.460 e. The topological polar surface area (TPSA) is 120 Å². The zero-order valence-electron chi connectivity index (χ0n) is 23.4. The fourth-order valence-electron chi connectivity index (χ4n) is 3.77. The number of hydrogen-bond donors (Lipinski definition) is 0. The highest BCUT2D eigenvalue weighted by Gasteiger charge is 2.43. The van der Waals surface area contributed by atoms with Crippen LogP contribution in [0.3, 0.4) is 0 Å². The molecular formula is C28H38N2O8. The molecule has 0 aliphatic carbocycles. The average molecular weight is 531 g/mol. The number of amides is 4. The van der Waals surface area contributed by atoms with E-state index in [0.717, 1.165) is 15.4 Å². The number of nitrogens with zero attached hydrogens (tertiary/aromatic N) is 2. The lowest BCUT2D eigenvalue weighted by Gasteiger charge is -2.31. The molecule has 1 aliphatic rings. The van der Waals surface area contributed by atoms with Gasteiger partial charge in [-0.2, -0.15) is 0 Å². The van der Waals surface area contributed by atoms with Crippen molar-refractivity contribution >= 4 is 30.0 Å². The van der Waals surface area contributed by atoms with E-state index in [9.17, 15) is 24.0 Å². The molecule has 0 N–H and O–H groups in total. The molecule has 0 unspecified atom stereocenters. The van der Waals surface area contributed by atoms with Gasteiger partial charge in [0.25, 0.3) is 5.91 Å². The van der Waals surface area contributed by atoms with Gasteiger partial charge in [-0.15, -0.1) is 0 Å². The van der Waals surface area contributed by atoms with Gasteiger partial charge in [0.05, 0.1) is 12.6 Å². The van der Waals surface area contributed by atoms with Crippen LogP contribution in [-0.2, 0) is 35.1 Å². The second-order valence-corrected chi connectivity index (χ2v) is 11.1. The predicted molar refractivity (Wildman–Crippen MR) is 139 cm³/mol. The normalized spacial score (nSPS) is 16.4. The number of imide groups is 2. The van der Waals surface area contributed by atoms with Crippen molar-refractivity contribution in [2.24, 2.45) is 0 Å². The summed E-state index contributed by atoms with van der Waals surface area (Å²) in [5.74, 6) is -1.79. The molecule has 0 radical (unpaired) electrons. The van der Waals surface area contributed by atoms with Crippen molar-refractivity contribution in [1.82, 2.24) is 9.80 Å². The number of carbonyl (C=O) groups excluding carboxylic acids is 5. The van der Waals surface area contributed by atoms with E-state index in [-0.39, 0.29) is 25.0 Å². The minimum absolute atomic E-state index is 0.0161. The summed E-state index contributed by atoms with van der Waals surface area (Å²) in [6, 6.07) is 7.99. The Kier molecular flexibility index (Phi) is 9.83. The van der Waals surface area contributed by atoms with Crippen LogP contribution < -0.4 is 0 Å². The molecule has 1 aromatic carbocycles. The Bertz CT molecular complexity index is 1080. The summed E-state index contributed by atoms with van der Waals surface area (Å²) in [6.07, 6.45) is -1.50. The predicted octanol–water partition coefficient (Wildman–Crippen LogP) is 4.75. The first-order valence-electron chi connectivity index (χ1n) is 12.5. The summed E-state index contributed by atoms with van der Waals surface area (Å²) >= 11 is 0. The van der Waals surface area contributed by atoms with E-state index in [0.29, 0.717) is 0 Å². The van der Waals surface area contributed by atoms with E-state index in [1.165, 1.54) is 13.0 Å². The van der Waals surface area contributed by atoms with Gasteiger partial charge in [-0.25, -0.2) is 19.4 Å². The fraction of sp³-hybridized carbons (Fsp3) is 0.536. The Morgan fingerprint density at radius 1 is 0.974 bits per heavy atom. The zero-order chi connectivity index (χ0) is 28.8. The Morgan fingerprint density at radius 3 is 2.08 bits per heavy atom. The van der Waals surface area contributed by atoms with Crippen LogP contribution >= 0.6 is 0 Å². The summed E-state index contributed by atoms with van der Waals surface area (Å²) < 4.78 is 16.3. The summed E-state index contributed by atoms with van der Waals surface area (Å²) in [5.41, 5.74) is -0.688. The van der Waals surface area contributed by atoms with E-state index in [4.69, 9.17) is 14.2 Å². The molecule has 0 saturated carbocycles. The van der Waals surface area contributed by atoms with E-state index in [2.05, 4.69) is 0 Å². The standard InChI is InChI=1S/C28H38N2O8/c1-18-16-21(30(24(18)33)26(35)38-28(6,7)8)22(36-19(2)31)14-15-23(32)29(25(34)37-27(3,4)5)17-20-12-10-9-11-13-20/h9-13,16,21-22H,14-15,17H2,1-8H3/t21-,22+/m1/s1. The van der Waals surface area contributed by atoms with Crippen molar-refractivity contribution < 1.29 is 38.2 Å². The van der Waals surface area contributed by atoms with Gasteiger partial charge in [-0.1, -0.05) is 30.3 Å². The van der Waals surface area contributed by atoms with Crippen molar-refractivity contribution in [3.05, 3.63) is 47.5 Å². The number of ether oxygens (including phenoxy) is 3. The van der Waals surface area contributed by atoms with E-state index < -0.39 is 53.3 Å². The maximum Gasteiger partial charge on any atom is 0.418 e. The maximum atomic E-state index is 13.3. The number of carbonyl (C=O) groups is 5. The van der Waals surface area contributed by atoms with Crippen LogP contribution in [0.15, 0.2) is 42.0 Å². The highest BCUT2D eigenvalue weighted by molar-refractivity contribution is 6.05. The lowest BCUT2D eigenvalue weighted by molar-refractivity contribution is -0.151. The van der Waals surface area contributed by atoms with Gasteiger partial charge in [-0.3, -0.25) is 14.4 Å². The van der Waals surface area contributed by atoms with Crippen LogP contribution in [0.4, 0.5) is 9.59 Å². The van der Waals surface area contributed by atoms with Crippen molar-refractivity contribution in [2.45, 2.75) is 98.1 Å². The summed E-state index contributed by atoms with van der Waals surface area (Å²) in [5, 5.41) is 0. The second-order valence-electron chi connectivity index (χ2n) is 11.1. The summed E-state index contributed by atoms with van der Waals surface area (Å²) in [6.45, 7) is 12.8. The lowest BCUT2D eigenvalue weighted by atomic mass is 10.0. The monoisotopic (exact) mass is 530 g/mol. The highest BCUT2D eigenvalue weighted by atomic mass is 16.6. The van der Waals surface area contributed by atoms with E-state index in [1.54, 1.807) is 72.7 Å². The smallest absolute Gasteiger partial charge is 0.418 e. The van der Waals surface area contributed by atoms with Gasteiger partial charge in [0.1, 0.15) is 17.3 Å². The molecule has 2 atom stereocenters. The highest BCUT2D eigenvalue weighted by Crippen LogP contribution is 2.27. The average Bonchev–Trinajstić information content (AvgIpc) is 3.07. The Hall–Kier alpha value is -3.69. The summed E-state index contributed by atoms with van der Waals surface area (Å²) in [4.78, 5) is 65.7. The molecule has 0 spiro atoms. The Balaban J connectivity index is 2.28. The fourth-order valence-corrected chi connectivity index (χ4v) is 3.77. The van der Waals surface area contributed by atoms with Crippen LogP contribution in [0.2, 0.25) is 0 Å². The van der Waals surface area contributed by atoms with Gasteiger partial charge < -0.3 is 14.2 Å². The van der Waals surface area contributed by atoms with Crippen molar-refractivity contribution in [2.75, 3.05) is 0 Å². The summed E-state index contributed by atoms with van der Waals surface area (Å²) in [7, 11) is 0. The largest absolute Gasteiger partial charge is 0.460 e. The second kappa shape index (κ2) is 12.2. The first kappa shape index (κ1) is 30.5. The number of benzene rings is 1. The molecule has 2 rings (SSSR count). The van der Waals surface area contributed by atoms with Crippen molar-refractivity contribution in [1.29, 1.82) is 0 Å². The number of hydrogen-bond acceptors (Lipinski definition) is 8. The first-order chi connectivity index (χ1) is 17.5. The Morgan fingerprint density at radius 2 is 1.55 bits per heavy atom. The van der Waals surface area contributed by atoms with Gasteiger partial charge in [0, 0.05) is 18.9 Å². The molecule has 0 saturated heterocycles. The third-order valence-electron chi connectivity index (χ3n) is 5.30. The molecule has 1 heterocycles. The van der Waals surface area contributed by atoms with Crippen molar-refractivity contribution in [3.8, 4) is 0 Å². The molecule has 0 bridgehead atoms. The van der Waals surface area contributed by atoms with Gasteiger partial charge in [0.15, 0.2) is 0 Å². The van der Waals surface area contributed by atoms with E-state index >= 15 is 0 Å². The molecule has 0 aromatic heterocycles. The number of rotatable bonds is 7. The van der Waals surface area contributed by atoms with Crippen LogP contribution in [-0.4, -0.2) is 63.1 Å². The minimum atomic E-state index is -1.04. The van der Waals surface area contributed by atoms with Crippen molar-refractivity contribution in [3.63, 3.8) is 0 Å². The lowest BCUT2D eigenvalue weighted by Crippen LogP contribution is -2.49. The molecule has 1 aliphatic heterocycles. The van der Waals surface area contributed by atoms with Gasteiger partial charge in [0.2, 0.25) is 5.91 Å². The molecule has 38 heavy (non-hydrogen) atoms.